The highest BCUT2D eigenvalue weighted by Crippen LogP contribution is 2.94. The Kier molecular flexibility index (Phi) is 8.93. The second-order valence-electron chi connectivity index (χ2n) is 23.3. The molecule has 1 heterocycles. The summed E-state index contributed by atoms with van der Waals surface area (Å²) < 4.78 is 2.43. The van der Waals surface area contributed by atoms with E-state index in [2.05, 4.69) is 234 Å². The van der Waals surface area contributed by atoms with Crippen molar-refractivity contribution in [3.8, 4) is 50.2 Å². The molecule has 6 aliphatic rings. The third-order valence-electron chi connectivity index (χ3n) is 20.5. The summed E-state index contributed by atoms with van der Waals surface area (Å²) in [6.07, 6.45) is 10.8. The Morgan fingerprint density at radius 3 is 1.87 bits per heavy atom. The normalized spacial score (nSPS) is 23.6. The van der Waals surface area contributed by atoms with Crippen LogP contribution in [0.3, 0.4) is 0 Å². The molecule has 0 amide bonds. The lowest BCUT2D eigenvalue weighted by atomic mass is 9.11. The van der Waals surface area contributed by atoms with Gasteiger partial charge in [-0.25, -0.2) is 0 Å². The van der Waals surface area contributed by atoms with Gasteiger partial charge in [-0.1, -0.05) is 189 Å². The first kappa shape index (κ1) is 42.4. The maximum Gasteiger partial charge on any atom is 0.0547 e. The summed E-state index contributed by atoms with van der Waals surface area (Å²) in [5.74, 6) is 4.06. The fraction of sp³-hybridized carbons (Fsp3) is 0.205. The SMILES string of the molecule is c1ccc(-n2c3ccccc3c3c(-c4cccc(N(c5ccccc5-c5ccc6c(c5)C5(c7ccccc7-6)C6CC7CC8CC5C786)c5ccccc5-c5cccc6cccc(C7CCCCC7)c56)c4)cccc32)cc1. The summed E-state index contributed by atoms with van der Waals surface area (Å²) in [5, 5.41) is 5.27. The maximum absolute atomic E-state index is 2.67. The first-order valence-corrected chi connectivity index (χ1v) is 28.1. The molecule has 10 aromatic carbocycles. The van der Waals surface area contributed by atoms with Gasteiger partial charge in [0, 0.05) is 38.7 Å². The highest BCUT2D eigenvalue weighted by Gasteiger charge is 2.90. The van der Waals surface area contributed by atoms with Crippen molar-refractivity contribution in [3.63, 3.8) is 0 Å². The number of benzene rings is 10. The van der Waals surface area contributed by atoms with E-state index < -0.39 is 0 Å². The van der Waals surface area contributed by atoms with Gasteiger partial charge in [0.2, 0.25) is 0 Å². The van der Waals surface area contributed by atoms with E-state index in [0.717, 1.165) is 29.4 Å². The molecule has 2 spiro atoms. The zero-order valence-electron chi connectivity index (χ0n) is 42.3. The highest BCUT2D eigenvalue weighted by molar-refractivity contribution is 6.16. The largest absolute Gasteiger partial charge is 0.309 e. The van der Waals surface area contributed by atoms with Gasteiger partial charge >= 0.3 is 0 Å². The van der Waals surface area contributed by atoms with Gasteiger partial charge in [0.05, 0.1) is 22.4 Å². The van der Waals surface area contributed by atoms with Gasteiger partial charge in [0.25, 0.3) is 0 Å². The number of rotatable bonds is 8. The van der Waals surface area contributed by atoms with E-state index in [9.17, 15) is 0 Å². The average molecular weight is 963 g/mol. The smallest absolute Gasteiger partial charge is 0.0547 e. The molecule has 11 aromatic rings. The molecule has 6 aliphatic carbocycles. The van der Waals surface area contributed by atoms with Gasteiger partial charge in [0.15, 0.2) is 0 Å². The van der Waals surface area contributed by atoms with E-state index in [1.54, 1.807) is 11.1 Å². The van der Waals surface area contributed by atoms with Crippen molar-refractivity contribution < 1.29 is 0 Å². The molecule has 360 valence electrons. The lowest BCUT2D eigenvalue weighted by Gasteiger charge is -2.92. The van der Waals surface area contributed by atoms with Crippen molar-refractivity contribution in [2.45, 2.75) is 62.7 Å². The van der Waals surface area contributed by atoms with Crippen molar-refractivity contribution >= 4 is 49.6 Å². The molecular formula is C73H58N2. The van der Waals surface area contributed by atoms with Crippen molar-refractivity contribution in [3.05, 3.63) is 241 Å². The molecule has 2 nitrogen and oxygen atoms in total. The quantitative estimate of drug-likeness (QED) is 0.147. The summed E-state index contributed by atoms with van der Waals surface area (Å²) in [6.45, 7) is 0. The van der Waals surface area contributed by atoms with E-state index in [0.29, 0.717) is 11.3 Å². The van der Waals surface area contributed by atoms with E-state index in [1.807, 2.05) is 0 Å². The van der Waals surface area contributed by atoms with Gasteiger partial charge in [0.1, 0.15) is 0 Å². The van der Waals surface area contributed by atoms with Crippen LogP contribution in [0, 0.1) is 29.1 Å². The van der Waals surface area contributed by atoms with Gasteiger partial charge in [-0.15, -0.1) is 0 Å². The standard InChI is InChI=1S/C73H58N2/c1-3-19-46(20-4-1)55-31-16-21-47-22-17-33-60(70(47)55)59-29-9-13-36-65(59)75(53-26-15-23-48(41-53)56-32-18-38-67-71(56)61-30-10-14-37-66(61)74(67)52-24-5-2-6-25-52)64-35-12-8-27-54(64)49-39-40-58-57-28-7-11-34-62(57)73(63(58)42-49)68-44-50-43-51-45-69(73)72(50,51)68/h2,5-18,21-42,46,50-51,68-69H,1,3-4,19-20,43-45H2. The van der Waals surface area contributed by atoms with Crippen molar-refractivity contribution in [2.75, 3.05) is 4.90 Å². The number of nitrogens with zero attached hydrogens (tertiary/aromatic N) is 2. The topological polar surface area (TPSA) is 8.17 Å². The molecule has 5 fully saturated rings. The van der Waals surface area contributed by atoms with Crippen LogP contribution in [0.2, 0.25) is 0 Å². The summed E-state index contributed by atoms with van der Waals surface area (Å²) in [4.78, 5) is 2.61. The first-order chi connectivity index (χ1) is 37.2. The molecule has 0 radical (unpaired) electrons. The van der Waals surface area contributed by atoms with E-state index in [-0.39, 0.29) is 5.41 Å². The minimum absolute atomic E-state index is 0.139. The number of fused-ring (bicyclic) bond motifs is 11. The van der Waals surface area contributed by atoms with Crippen molar-refractivity contribution in [1.29, 1.82) is 0 Å². The Hall–Kier alpha value is -7.94. The molecule has 0 N–H and O–H groups in total. The fourth-order valence-corrected chi connectivity index (χ4v) is 17.6. The zero-order chi connectivity index (χ0) is 49.0. The Morgan fingerprint density at radius 2 is 1.04 bits per heavy atom. The predicted molar refractivity (Wildman–Crippen MR) is 312 cm³/mol. The monoisotopic (exact) mass is 962 g/mol. The fourth-order valence-electron chi connectivity index (χ4n) is 17.6. The molecule has 5 saturated carbocycles. The summed E-state index contributed by atoms with van der Waals surface area (Å²) in [5.41, 5.74) is 23.1. The lowest BCUT2D eigenvalue weighted by Crippen LogP contribution is -2.88. The van der Waals surface area contributed by atoms with Crippen LogP contribution in [0.4, 0.5) is 17.1 Å². The number of para-hydroxylation sites is 4. The molecule has 4 atom stereocenters. The van der Waals surface area contributed by atoms with Gasteiger partial charge in [-0.3, -0.25) is 0 Å². The first-order valence-electron chi connectivity index (χ1n) is 28.1. The van der Waals surface area contributed by atoms with E-state index in [4.69, 9.17) is 0 Å². The van der Waals surface area contributed by atoms with Crippen LogP contribution >= 0.6 is 0 Å². The molecule has 0 saturated heterocycles. The van der Waals surface area contributed by atoms with Crippen LogP contribution < -0.4 is 4.90 Å². The van der Waals surface area contributed by atoms with Crippen LogP contribution in [0.5, 0.6) is 0 Å². The molecule has 1 aromatic heterocycles. The van der Waals surface area contributed by atoms with Gasteiger partial charge < -0.3 is 9.47 Å². The second kappa shape index (κ2) is 15.8. The van der Waals surface area contributed by atoms with Crippen molar-refractivity contribution in [2.24, 2.45) is 29.1 Å². The third kappa shape index (κ3) is 5.55. The van der Waals surface area contributed by atoms with Crippen LogP contribution in [-0.2, 0) is 5.41 Å². The minimum atomic E-state index is 0.139. The van der Waals surface area contributed by atoms with Crippen molar-refractivity contribution in [1.82, 2.24) is 4.57 Å². The predicted octanol–water partition coefficient (Wildman–Crippen LogP) is 19.4. The summed E-state index contributed by atoms with van der Waals surface area (Å²) >= 11 is 0. The van der Waals surface area contributed by atoms with Crippen LogP contribution in [0.25, 0.3) is 82.8 Å². The second-order valence-corrected chi connectivity index (χ2v) is 23.3. The van der Waals surface area contributed by atoms with Gasteiger partial charge in [-0.05, 0) is 183 Å². The molecule has 0 aliphatic heterocycles. The lowest BCUT2D eigenvalue weighted by molar-refractivity contribution is -0.412. The summed E-state index contributed by atoms with van der Waals surface area (Å²) in [6, 6.07) is 85.9. The van der Waals surface area contributed by atoms with E-state index in [1.165, 1.54) is 151 Å². The molecule has 2 heteroatoms. The maximum atomic E-state index is 2.67. The summed E-state index contributed by atoms with van der Waals surface area (Å²) in [7, 11) is 0. The Labute approximate surface area is 439 Å². The van der Waals surface area contributed by atoms with Gasteiger partial charge in [-0.2, -0.15) is 0 Å². The van der Waals surface area contributed by atoms with Crippen LogP contribution in [0.1, 0.15) is 74.0 Å². The number of aromatic nitrogens is 1. The number of anilines is 3. The molecule has 17 rings (SSSR count). The number of hydrogen-bond donors (Lipinski definition) is 0. The zero-order valence-corrected chi connectivity index (χ0v) is 42.3. The molecule has 4 unspecified atom stereocenters. The molecular weight excluding hydrogens is 905 g/mol. The highest BCUT2D eigenvalue weighted by atomic mass is 15.1. The Morgan fingerprint density at radius 1 is 0.413 bits per heavy atom. The van der Waals surface area contributed by atoms with Crippen LogP contribution in [0.15, 0.2) is 224 Å². The number of hydrogen-bond acceptors (Lipinski definition) is 1. The molecule has 0 bridgehead atoms. The Balaban J connectivity index is 0.884. The average Bonchev–Trinajstić information content (AvgIpc) is 3.03. The third-order valence-corrected chi connectivity index (χ3v) is 20.5. The molecule has 75 heavy (non-hydrogen) atoms. The minimum Gasteiger partial charge on any atom is -0.309 e. The van der Waals surface area contributed by atoms with E-state index >= 15 is 0 Å². The Bertz CT molecular complexity index is 4120. The van der Waals surface area contributed by atoms with Crippen LogP contribution in [-0.4, -0.2) is 4.57 Å².